The van der Waals surface area contributed by atoms with Crippen LogP contribution in [0, 0.1) is 0 Å². The second-order valence-electron chi connectivity index (χ2n) is 4.15. The molecule has 2 fully saturated rings. The van der Waals surface area contributed by atoms with Crippen molar-refractivity contribution in [2.24, 2.45) is 5.73 Å². The molecule has 2 N–H and O–H groups in total. The summed E-state index contributed by atoms with van der Waals surface area (Å²) in [6.07, 6.45) is 4.05. The van der Waals surface area contributed by atoms with Gasteiger partial charge in [0.2, 0.25) is 5.91 Å². The molecule has 0 radical (unpaired) electrons. The molecule has 1 heterocycles. The maximum Gasteiger partial charge on any atom is 0.242 e. The van der Waals surface area contributed by atoms with Crippen LogP contribution in [0.25, 0.3) is 0 Å². The molecule has 0 aromatic carbocycles. The summed E-state index contributed by atoms with van der Waals surface area (Å²) >= 11 is 0. The molecule has 0 spiro atoms. The summed E-state index contributed by atoms with van der Waals surface area (Å²) in [7, 11) is 0. The molecule has 12 heavy (non-hydrogen) atoms. The first-order valence-corrected chi connectivity index (χ1v) is 4.73. The van der Waals surface area contributed by atoms with E-state index in [1.807, 2.05) is 4.90 Å². The smallest absolute Gasteiger partial charge is 0.242 e. The molecule has 1 aliphatic carbocycles. The minimum atomic E-state index is -0.460. The largest absolute Gasteiger partial charge is 0.338 e. The molecule has 0 bridgehead atoms. The minimum absolute atomic E-state index is 0.188. The predicted molar refractivity (Wildman–Crippen MR) is 46.6 cm³/mol. The Morgan fingerprint density at radius 2 is 2.25 bits per heavy atom. The zero-order valence-electron chi connectivity index (χ0n) is 7.55. The summed E-state index contributed by atoms with van der Waals surface area (Å²) in [5.74, 6) is 0.188. The van der Waals surface area contributed by atoms with Crippen molar-refractivity contribution in [3.63, 3.8) is 0 Å². The summed E-state index contributed by atoms with van der Waals surface area (Å²) in [4.78, 5) is 13.7. The van der Waals surface area contributed by atoms with E-state index < -0.39 is 5.54 Å². The molecule has 3 nitrogen and oxygen atoms in total. The first-order chi connectivity index (χ1) is 5.63. The summed E-state index contributed by atoms with van der Waals surface area (Å²) in [5.41, 5.74) is 5.38. The minimum Gasteiger partial charge on any atom is -0.338 e. The number of nitrogens with two attached hydrogens (primary N) is 1. The van der Waals surface area contributed by atoms with E-state index in [0.717, 1.165) is 32.2 Å². The Bertz CT molecular complexity index is 211. The van der Waals surface area contributed by atoms with Crippen molar-refractivity contribution in [3.8, 4) is 0 Å². The van der Waals surface area contributed by atoms with Gasteiger partial charge in [-0.05, 0) is 32.6 Å². The van der Waals surface area contributed by atoms with Crippen molar-refractivity contribution in [1.29, 1.82) is 0 Å². The fourth-order valence-corrected chi connectivity index (χ4v) is 1.87. The molecule has 3 heteroatoms. The highest BCUT2D eigenvalue weighted by atomic mass is 16.2. The molecule has 1 saturated heterocycles. The SMILES string of the molecule is CC1CCCN1C(=O)C1(N)CC1. The molecule has 1 saturated carbocycles. The Kier molecular flexibility index (Phi) is 1.65. The average molecular weight is 168 g/mol. The molecular formula is C9H16N2O. The molecule has 1 aliphatic heterocycles. The summed E-state index contributed by atoms with van der Waals surface area (Å²) < 4.78 is 0. The van der Waals surface area contributed by atoms with E-state index in [-0.39, 0.29) is 5.91 Å². The van der Waals surface area contributed by atoms with E-state index in [2.05, 4.69) is 6.92 Å². The van der Waals surface area contributed by atoms with Gasteiger partial charge in [0.15, 0.2) is 0 Å². The van der Waals surface area contributed by atoms with Gasteiger partial charge >= 0.3 is 0 Å². The zero-order valence-corrected chi connectivity index (χ0v) is 7.55. The number of hydrogen-bond acceptors (Lipinski definition) is 2. The van der Waals surface area contributed by atoms with Crippen LogP contribution in [0.4, 0.5) is 0 Å². The molecular weight excluding hydrogens is 152 g/mol. The predicted octanol–water partition coefficient (Wildman–Crippen LogP) is 0.489. The van der Waals surface area contributed by atoms with Gasteiger partial charge in [-0.3, -0.25) is 4.79 Å². The average Bonchev–Trinajstić information content (AvgIpc) is 2.63. The van der Waals surface area contributed by atoms with E-state index >= 15 is 0 Å². The van der Waals surface area contributed by atoms with Crippen LogP contribution in [-0.2, 0) is 4.79 Å². The highest BCUT2D eigenvalue weighted by Gasteiger charge is 2.49. The molecule has 1 atom stereocenters. The Balaban J connectivity index is 2.04. The van der Waals surface area contributed by atoms with Gasteiger partial charge in [-0.25, -0.2) is 0 Å². The van der Waals surface area contributed by atoms with E-state index in [9.17, 15) is 4.79 Å². The van der Waals surface area contributed by atoms with E-state index in [1.54, 1.807) is 0 Å². The summed E-state index contributed by atoms with van der Waals surface area (Å²) in [6.45, 7) is 3.02. The molecule has 0 aromatic rings. The number of likely N-dealkylation sites (tertiary alicyclic amines) is 1. The van der Waals surface area contributed by atoms with Crippen LogP contribution >= 0.6 is 0 Å². The molecule has 2 rings (SSSR count). The maximum atomic E-state index is 11.7. The number of carbonyl (C=O) groups excluding carboxylic acids is 1. The van der Waals surface area contributed by atoms with Crippen molar-refractivity contribution in [1.82, 2.24) is 4.90 Å². The lowest BCUT2D eigenvalue weighted by Gasteiger charge is -2.24. The second kappa shape index (κ2) is 2.46. The van der Waals surface area contributed by atoms with E-state index in [1.165, 1.54) is 0 Å². The van der Waals surface area contributed by atoms with Crippen LogP contribution in [0.3, 0.4) is 0 Å². The Morgan fingerprint density at radius 1 is 1.58 bits per heavy atom. The van der Waals surface area contributed by atoms with Crippen LogP contribution in [0.5, 0.6) is 0 Å². The van der Waals surface area contributed by atoms with Gasteiger partial charge in [-0.2, -0.15) is 0 Å². The number of rotatable bonds is 1. The van der Waals surface area contributed by atoms with E-state index in [4.69, 9.17) is 5.73 Å². The monoisotopic (exact) mass is 168 g/mol. The van der Waals surface area contributed by atoms with Crippen molar-refractivity contribution < 1.29 is 4.79 Å². The molecule has 1 unspecified atom stereocenters. The first-order valence-electron chi connectivity index (χ1n) is 4.73. The Labute approximate surface area is 72.9 Å². The van der Waals surface area contributed by atoms with Gasteiger partial charge in [0.05, 0.1) is 5.54 Å². The van der Waals surface area contributed by atoms with Crippen molar-refractivity contribution in [2.45, 2.75) is 44.2 Å². The number of amides is 1. The van der Waals surface area contributed by atoms with Crippen LogP contribution in [0.15, 0.2) is 0 Å². The fourth-order valence-electron chi connectivity index (χ4n) is 1.87. The topological polar surface area (TPSA) is 46.3 Å². The lowest BCUT2D eigenvalue weighted by molar-refractivity contribution is -0.134. The zero-order chi connectivity index (χ0) is 8.77. The standard InChI is InChI=1S/C9H16N2O/c1-7-3-2-6-11(7)8(12)9(10)4-5-9/h7H,2-6,10H2,1H3. The van der Waals surface area contributed by atoms with Crippen molar-refractivity contribution in [2.75, 3.05) is 6.54 Å². The lowest BCUT2D eigenvalue weighted by atomic mass is 10.2. The second-order valence-corrected chi connectivity index (χ2v) is 4.15. The molecule has 0 aromatic heterocycles. The summed E-state index contributed by atoms with van der Waals surface area (Å²) in [5, 5.41) is 0. The van der Waals surface area contributed by atoms with Gasteiger partial charge < -0.3 is 10.6 Å². The maximum absolute atomic E-state index is 11.7. The van der Waals surface area contributed by atoms with Gasteiger partial charge in [0, 0.05) is 12.6 Å². The summed E-state index contributed by atoms with van der Waals surface area (Å²) in [6, 6.07) is 0.415. The van der Waals surface area contributed by atoms with Crippen LogP contribution in [0.1, 0.15) is 32.6 Å². The van der Waals surface area contributed by atoms with E-state index in [0.29, 0.717) is 6.04 Å². The number of nitrogens with zero attached hydrogens (tertiary/aromatic N) is 1. The van der Waals surface area contributed by atoms with Gasteiger partial charge in [-0.1, -0.05) is 0 Å². The van der Waals surface area contributed by atoms with Gasteiger partial charge in [0.25, 0.3) is 0 Å². The quantitative estimate of drug-likeness (QED) is 0.619. The highest BCUT2D eigenvalue weighted by Crippen LogP contribution is 2.36. The lowest BCUT2D eigenvalue weighted by Crippen LogP contribution is -2.46. The third-order valence-corrected chi connectivity index (χ3v) is 3.03. The van der Waals surface area contributed by atoms with Gasteiger partial charge in [0.1, 0.15) is 0 Å². The highest BCUT2D eigenvalue weighted by molar-refractivity contribution is 5.89. The van der Waals surface area contributed by atoms with Crippen molar-refractivity contribution in [3.05, 3.63) is 0 Å². The van der Waals surface area contributed by atoms with Crippen LogP contribution in [0.2, 0.25) is 0 Å². The van der Waals surface area contributed by atoms with Crippen LogP contribution < -0.4 is 5.73 Å². The Morgan fingerprint density at radius 3 is 2.67 bits per heavy atom. The number of carbonyl (C=O) groups is 1. The molecule has 1 amide bonds. The Hall–Kier alpha value is -0.570. The third kappa shape index (κ3) is 1.12. The van der Waals surface area contributed by atoms with Gasteiger partial charge in [-0.15, -0.1) is 0 Å². The normalized spacial score (nSPS) is 32.2. The van der Waals surface area contributed by atoms with Crippen molar-refractivity contribution >= 4 is 5.91 Å². The molecule has 2 aliphatic rings. The fraction of sp³-hybridized carbons (Fsp3) is 0.889. The number of hydrogen-bond donors (Lipinski definition) is 1. The molecule has 68 valence electrons. The third-order valence-electron chi connectivity index (χ3n) is 3.03. The van der Waals surface area contributed by atoms with Crippen LogP contribution in [-0.4, -0.2) is 28.9 Å². The first kappa shape index (κ1) is 8.05.